The van der Waals surface area contributed by atoms with E-state index in [4.69, 9.17) is 42.1 Å². The Morgan fingerprint density at radius 1 is 1.02 bits per heavy atom. The van der Waals surface area contributed by atoms with Crippen molar-refractivity contribution in [3.63, 3.8) is 0 Å². The number of carbonyl (C=O) groups excluding carboxylic acids is 3. The highest BCUT2D eigenvalue weighted by Crippen LogP contribution is 2.71. The Morgan fingerprint density at radius 2 is 1.71 bits per heavy atom. The first-order chi connectivity index (χ1) is 29.9. The lowest BCUT2D eigenvalue weighted by Crippen LogP contribution is -2.87. The van der Waals surface area contributed by atoms with E-state index in [9.17, 15) is 19.8 Å². The summed E-state index contributed by atoms with van der Waals surface area (Å²) in [5, 5.41) is 28.4. The summed E-state index contributed by atoms with van der Waals surface area (Å²) in [6.45, 7) is 13.5. The first-order valence-corrected chi connectivity index (χ1v) is 23.1. The molecular weight excluding hydrogens is 847 g/mol. The molecule has 1 aromatic heterocycles. The number of H-pyrrole nitrogens is 1. The van der Waals surface area contributed by atoms with E-state index in [0.717, 1.165) is 48.8 Å². The van der Waals surface area contributed by atoms with Gasteiger partial charge < -0.3 is 39.0 Å². The summed E-state index contributed by atoms with van der Waals surface area (Å²) in [5.41, 5.74) is -4.70. The predicted octanol–water partition coefficient (Wildman–Crippen LogP) is 6.21. The lowest BCUT2D eigenvalue weighted by molar-refractivity contribution is -0.291. The van der Waals surface area contributed by atoms with E-state index in [2.05, 4.69) is 41.6 Å². The third kappa shape index (κ3) is 5.91. The number of fused-ring (bicyclic) bond motifs is 6. The molecule has 2 aromatic carbocycles. The fraction of sp³-hybridized carbons (Fsp3) is 0.604. The lowest BCUT2D eigenvalue weighted by atomic mass is 9.46. The fourth-order valence-electron chi connectivity index (χ4n) is 13.7. The van der Waals surface area contributed by atoms with Crippen molar-refractivity contribution in [1.82, 2.24) is 14.8 Å². The van der Waals surface area contributed by atoms with Crippen molar-refractivity contribution in [2.45, 2.75) is 101 Å². The number of nitrogens with one attached hydrogen (secondary N) is 1. The molecule has 4 unspecified atom stereocenters. The number of para-hydroxylation sites is 1. The molecule has 1 saturated carbocycles. The number of methoxy groups -OCH3 is 3. The van der Waals surface area contributed by atoms with Gasteiger partial charge in [-0.15, -0.1) is 23.2 Å². The molecule has 6 heterocycles. The number of aromatic amines is 1. The van der Waals surface area contributed by atoms with Gasteiger partial charge in [0.2, 0.25) is 5.60 Å². The van der Waals surface area contributed by atoms with Crippen LogP contribution in [0.3, 0.4) is 0 Å². The number of likely N-dealkylation sites (N-methyl/N-ethyl adjacent to an activating group) is 1. The van der Waals surface area contributed by atoms with Gasteiger partial charge in [0, 0.05) is 85.5 Å². The van der Waals surface area contributed by atoms with Gasteiger partial charge in [0.15, 0.2) is 11.8 Å². The van der Waals surface area contributed by atoms with Gasteiger partial charge in [-0.3, -0.25) is 19.4 Å². The first kappa shape index (κ1) is 45.7. The minimum absolute atomic E-state index is 0.0151. The number of halogens is 2. The van der Waals surface area contributed by atoms with Crippen molar-refractivity contribution in [1.29, 1.82) is 0 Å². The third-order valence-electron chi connectivity index (χ3n) is 16.4. The number of rotatable bonds is 7. The van der Waals surface area contributed by atoms with Crippen molar-refractivity contribution in [2.24, 2.45) is 22.7 Å². The zero-order chi connectivity index (χ0) is 45.7. The van der Waals surface area contributed by atoms with E-state index < -0.39 is 57.6 Å². The van der Waals surface area contributed by atoms with E-state index in [1.807, 2.05) is 49.4 Å². The highest BCUT2D eigenvalue weighted by Gasteiger charge is 2.87. The summed E-state index contributed by atoms with van der Waals surface area (Å²) >= 11 is 9.53. The Labute approximate surface area is 379 Å². The lowest BCUT2D eigenvalue weighted by Gasteiger charge is -2.66. The van der Waals surface area contributed by atoms with Crippen LogP contribution in [0.2, 0.25) is 0 Å². The Kier molecular flexibility index (Phi) is 11.6. The van der Waals surface area contributed by atoms with Crippen LogP contribution in [0.25, 0.3) is 10.9 Å². The number of hydrogen-bond acceptors (Lipinski definition) is 12. The number of aliphatic hydroxyl groups is 2. The van der Waals surface area contributed by atoms with Gasteiger partial charge in [0.25, 0.3) is 0 Å². The van der Waals surface area contributed by atoms with Gasteiger partial charge >= 0.3 is 17.9 Å². The molecule has 9 rings (SSSR count). The van der Waals surface area contributed by atoms with Crippen LogP contribution in [-0.4, -0.2) is 126 Å². The maximum atomic E-state index is 15.4. The summed E-state index contributed by atoms with van der Waals surface area (Å²) in [4.78, 5) is 53.0. The van der Waals surface area contributed by atoms with E-state index in [-0.39, 0.29) is 16.7 Å². The first-order valence-electron chi connectivity index (χ1n) is 22.0. The molecule has 10 atom stereocenters. The molecule has 1 spiro atoms. The van der Waals surface area contributed by atoms with Crippen LogP contribution in [0.4, 0.5) is 5.69 Å². The molecule has 0 amide bonds. The number of hydrogen-bond donors (Lipinski definition) is 3. The molecule has 6 aliphatic rings. The topological polar surface area (TPSA) is 154 Å². The molecule has 5 aliphatic heterocycles. The number of anilines is 1. The van der Waals surface area contributed by atoms with Gasteiger partial charge in [-0.25, -0.2) is 4.79 Å². The van der Waals surface area contributed by atoms with Gasteiger partial charge in [-0.1, -0.05) is 58.0 Å². The van der Waals surface area contributed by atoms with Crippen molar-refractivity contribution in [2.75, 3.05) is 64.8 Å². The second kappa shape index (κ2) is 15.9. The molecule has 3 N–H and O–H groups in total. The molecule has 3 aromatic rings. The summed E-state index contributed by atoms with van der Waals surface area (Å²) < 4.78 is 23.8. The standard InChI is InChI=1S/C47H60N4O9.CH2Cl2/c1-10-43-16-13-18-51-19-17-45(38(43)51)32-20-33(36(57-7)21-35(32)49(6)47(45,56)46(55,41(54)59-9)39(43)60-28(4)52)44(40(53)58-8)23-29-22-42(5,27(2)3)26-50(24-29)25-31-30-14-11-12-15-34(30)48-37(31)44;2-1-3/h11-16,20-21,27,29,38-39,48,55-56H,10,17-19,22-26H2,1-9H3;1H2/t29?,38-,39+,42?,43+,44-,45+,46?,47-;/m0./s1. The number of carbonyl (C=O) groups is 3. The minimum atomic E-state index is -2.78. The maximum absolute atomic E-state index is 15.4. The minimum Gasteiger partial charge on any atom is -0.496 e. The Balaban J connectivity index is 0.00000177. The summed E-state index contributed by atoms with van der Waals surface area (Å²) in [6, 6.07) is 11.4. The van der Waals surface area contributed by atoms with E-state index in [1.54, 1.807) is 19.1 Å². The third-order valence-corrected chi connectivity index (χ3v) is 16.4. The number of alkyl halides is 2. The maximum Gasteiger partial charge on any atom is 0.347 e. The molecule has 2 saturated heterocycles. The molecule has 15 heteroatoms. The molecule has 1 aliphatic carbocycles. The normalized spacial score (nSPS) is 36.2. The Bertz CT molecular complexity index is 2360. The van der Waals surface area contributed by atoms with E-state index in [1.165, 1.54) is 14.0 Å². The fourth-order valence-corrected chi connectivity index (χ4v) is 13.7. The summed E-state index contributed by atoms with van der Waals surface area (Å²) in [6.07, 6.45) is 4.45. The monoisotopic (exact) mass is 908 g/mol. The SMILES string of the molecule is CC[C@]12C=CCN3CC[C@@]4(c5cc([C@@]6(C(=O)OC)CC7CN(Cc8c6[nH]c6ccccc86)CC(C)(C(C)C)C7)c(OC)cc5N(C)[C@@]4(O)C(O)(C(=O)OC)[C@@H]1OC(C)=O)[C@@H]32.ClCCl. The van der Waals surface area contributed by atoms with Crippen LogP contribution in [0.15, 0.2) is 48.6 Å². The van der Waals surface area contributed by atoms with Crippen LogP contribution < -0.4 is 9.64 Å². The van der Waals surface area contributed by atoms with Crippen LogP contribution in [0.1, 0.15) is 82.7 Å². The van der Waals surface area contributed by atoms with Crippen LogP contribution in [0, 0.1) is 22.7 Å². The van der Waals surface area contributed by atoms with Crippen LogP contribution in [-0.2, 0) is 46.0 Å². The summed E-state index contributed by atoms with van der Waals surface area (Å²) in [5.74, 6) is -1.38. The zero-order valence-corrected chi connectivity index (χ0v) is 39.4. The smallest absolute Gasteiger partial charge is 0.347 e. The number of piperidine rings is 1. The van der Waals surface area contributed by atoms with Gasteiger partial charge in [-0.2, -0.15) is 0 Å². The highest BCUT2D eigenvalue weighted by molar-refractivity contribution is 6.40. The van der Waals surface area contributed by atoms with Crippen molar-refractivity contribution in [3.8, 4) is 5.75 Å². The molecule has 3 fully saturated rings. The molecule has 2 bridgehead atoms. The predicted molar refractivity (Wildman–Crippen MR) is 241 cm³/mol. The molecule has 13 nitrogen and oxygen atoms in total. The van der Waals surface area contributed by atoms with Crippen molar-refractivity contribution < 1.29 is 43.5 Å². The quantitative estimate of drug-likeness (QED) is 0.107. The van der Waals surface area contributed by atoms with Gasteiger partial charge in [-0.05, 0) is 72.7 Å². The highest BCUT2D eigenvalue weighted by atomic mass is 35.5. The van der Waals surface area contributed by atoms with Gasteiger partial charge in [0.1, 0.15) is 11.2 Å². The second-order valence-corrected chi connectivity index (χ2v) is 20.1. The summed E-state index contributed by atoms with van der Waals surface area (Å²) in [7, 11) is 5.82. The number of esters is 3. The number of ether oxygens (including phenoxy) is 4. The zero-order valence-electron chi connectivity index (χ0n) is 37.8. The number of nitrogens with zero attached hydrogens (tertiary/aromatic N) is 3. The largest absolute Gasteiger partial charge is 0.496 e. The number of aromatic nitrogens is 1. The van der Waals surface area contributed by atoms with Crippen molar-refractivity contribution >= 4 is 57.7 Å². The second-order valence-electron chi connectivity index (χ2n) is 19.3. The Morgan fingerprint density at radius 3 is 2.35 bits per heavy atom. The van der Waals surface area contributed by atoms with Crippen LogP contribution >= 0.6 is 23.2 Å². The molecule has 0 radical (unpaired) electrons. The van der Waals surface area contributed by atoms with E-state index >= 15 is 4.79 Å². The average molecular weight is 910 g/mol. The molecule has 342 valence electrons. The molecule has 63 heavy (non-hydrogen) atoms. The van der Waals surface area contributed by atoms with E-state index in [0.29, 0.717) is 67.4 Å². The van der Waals surface area contributed by atoms with Crippen LogP contribution in [0.5, 0.6) is 5.75 Å². The van der Waals surface area contributed by atoms with Gasteiger partial charge in [0.05, 0.1) is 32.1 Å². The van der Waals surface area contributed by atoms with Crippen molar-refractivity contribution in [3.05, 3.63) is 70.9 Å². The Hall–Kier alpha value is -3.85. The average Bonchev–Trinajstić information content (AvgIpc) is 3.90. The molecular formula is C48H62Cl2N4O9. The number of benzene rings is 2.